The molecule has 1 unspecified atom stereocenters. The van der Waals surface area contributed by atoms with Crippen LogP contribution in [0.2, 0.25) is 0 Å². The number of nitrogens with zero attached hydrogens (tertiary/aromatic N) is 1. The molecular weight excluding hydrogens is 228 g/mol. The lowest BCUT2D eigenvalue weighted by Crippen LogP contribution is -2.43. The third-order valence-corrected chi connectivity index (χ3v) is 3.06. The fraction of sp³-hybridized carbons (Fsp3) is 0.909. The molecule has 1 rings (SSSR count). The van der Waals surface area contributed by atoms with Crippen LogP contribution >= 0.6 is 12.4 Å². The van der Waals surface area contributed by atoms with Crippen LogP contribution in [-0.4, -0.2) is 44.2 Å². The Labute approximate surface area is 104 Å². The van der Waals surface area contributed by atoms with Crippen LogP contribution in [0, 0.1) is 11.3 Å². The van der Waals surface area contributed by atoms with Gasteiger partial charge in [0.05, 0.1) is 12.0 Å². The van der Waals surface area contributed by atoms with Crippen molar-refractivity contribution >= 4 is 18.3 Å². The number of halogens is 1. The highest BCUT2D eigenvalue weighted by molar-refractivity contribution is 5.85. The van der Waals surface area contributed by atoms with E-state index in [-0.39, 0.29) is 18.3 Å². The topological polar surface area (TPSA) is 55.6 Å². The summed E-state index contributed by atoms with van der Waals surface area (Å²) in [4.78, 5) is 14.0. The average Bonchev–Trinajstić information content (AvgIpc) is 2.66. The Bertz CT molecular complexity index is 234. The highest BCUT2D eigenvalue weighted by Gasteiger charge is 2.34. The molecule has 0 saturated carbocycles. The minimum absolute atomic E-state index is 0. The van der Waals surface area contributed by atoms with Gasteiger partial charge >= 0.3 is 0 Å². The smallest absolute Gasteiger partial charge is 0.229 e. The van der Waals surface area contributed by atoms with Crippen molar-refractivity contribution in [3.8, 4) is 0 Å². The van der Waals surface area contributed by atoms with Crippen molar-refractivity contribution in [2.24, 2.45) is 17.1 Å². The number of hydrogen-bond donors (Lipinski definition) is 1. The van der Waals surface area contributed by atoms with E-state index >= 15 is 0 Å². The van der Waals surface area contributed by atoms with Crippen molar-refractivity contribution in [3.63, 3.8) is 0 Å². The molecule has 5 heteroatoms. The zero-order valence-electron chi connectivity index (χ0n) is 10.4. The standard InChI is InChI=1S/C11H22N2O2.ClH/c1-11(2,8-12)10(14)13-5-4-9(6-13)7-15-3;/h9H,4-8,12H2,1-3H3;1H. The van der Waals surface area contributed by atoms with Gasteiger partial charge in [-0.1, -0.05) is 0 Å². The highest BCUT2D eigenvalue weighted by Crippen LogP contribution is 2.23. The van der Waals surface area contributed by atoms with E-state index in [1.165, 1.54) is 0 Å². The molecule has 1 aliphatic rings. The number of amides is 1. The first-order chi connectivity index (χ1) is 7.01. The minimum atomic E-state index is -0.429. The third-order valence-electron chi connectivity index (χ3n) is 3.06. The maximum absolute atomic E-state index is 12.1. The summed E-state index contributed by atoms with van der Waals surface area (Å²) >= 11 is 0. The molecule has 1 heterocycles. The maximum atomic E-state index is 12.1. The molecule has 0 aromatic rings. The first kappa shape index (κ1) is 15.7. The Morgan fingerprint density at radius 2 is 2.19 bits per heavy atom. The van der Waals surface area contributed by atoms with Gasteiger partial charge in [-0.25, -0.2) is 0 Å². The summed E-state index contributed by atoms with van der Waals surface area (Å²) in [6, 6.07) is 0. The predicted octanol–water partition coefficient (Wildman–Crippen LogP) is 0.888. The second-order valence-electron chi connectivity index (χ2n) is 4.95. The van der Waals surface area contributed by atoms with Gasteiger partial charge in [0.15, 0.2) is 0 Å². The molecule has 0 radical (unpaired) electrons. The van der Waals surface area contributed by atoms with E-state index in [2.05, 4.69) is 0 Å². The van der Waals surface area contributed by atoms with Gasteiger partial charge in [0.2, 0.25) is 5.91 Å². The third kappa shape index (κ3) is 3.61. The quantitative estimate of drug-likeness (QED) is 0.806. The van der Waals surface area contributed by atoms with E-state index in [0.29, 0.717) is 12.5 Å². The fourth-order valence-corrected chi connectivity index (χ4v) is 1.90. The van der Waals surface area contributed by atoms with Crippen LogP contribution in [0.15, 0.2) is 0 Å². The molecule has 0 spiro atoms. The van der Waals surface area contributed by atoms with Crippen LogP contribution in [-0.2, 0) is 9.53 Å². The predicted molar refractivity (Wildman–Crippen MR) is 66.6 cm³/mol. The first-order valence-electron chi connectivity index (χ1n) is 5.49. The Morgan fingerprint density at radius 1 is 1.56 bits per heavy atom. The molecule has 1 aliphatic heterocycles. The zero-order valence-corrected chi connectivity index (χ0v) is 11.2. The van der Waals surface area contributed by atoms with Crippen LogP contribution in [0.1, 0.15) is 20.3 Å². The van der Waals surface area contributed by atoms with Crippen LogP contribution in [0.5, 0.6) is 0 Å². The van der Waals surface area contributed by atoms with Crippen LogP contribution in [0.3, 0.4) is 0 Å². The summed E-state index contributed by atoms with van der Waals surface area (Å²) < 4.78 is 5.10. The summed E-state index contributed by atoms with van der Waals surface area (Å²) in [5.41, 5.74) is 5.17. The number of methoxy groups -OCH3 is 1. The molecule has 1 saturated heterocycles. The van der Waals surface area contributed by atoms with E-state index in [0.717, 1.165) is 26.1 Å². The molecule has 96 valence electrons. The molecule has 2 N–H and O–H groups in total. The molecule has 0 aromatic carbocycles. The molecular formula is C11H23ClN2O2. The van der Waals surface area contributed by atoms with Crippen molar-refractivity contribution in [2.45, 2.75) is 20.3 Å². The lowest BCUT2D eigenvalue weighted by atomic mass is 9.92. The Kier molecular flexibility index (Phi) is 6.30. The number of hydrogen-bond acceptors (Lipinski definition) is 3. The highest BCUT2D eigenvalue weighted by atomic mass is 35.5. The monoisotopic (exact) mass is 250 g/mol. The van der Waals surface area contributed by atoms with Crippen molar-refractivity contribution in [2.75, 3.05) is 33.4 Å². The van der Waals surface area contributed by atoms with Crippen LogP contribution in [0.4, 0.5) is 0 Å². The van der Waals surface area contributed by atoms with E-state index < -0.39 is 5.41 Å². The van der Waals surface area contributed by atoms with Crippen molar-refractivity contribution < 1.29 is 9.53 Å². The molecule has 0 aliphatic carbocycles. The zero-order chi connectivity index (χ0) is 11.5. The Morgan fingerprint density at radius 3 is 2.69 bits per heavy atom. The Balaban J connectivity index is 0.00000225. The number of nitrogens with two attached hydrogens (primary N) is 1. The van der Waals surface area contributed by atoms with Crippen LogP contribution < -0.4 is 5.73 Å². The van der Waals surface area contributed by atoms with E-state index in [1.807, 2.05) is 18.7 Å². The fourth-order valence-electron chi connectivity index (χ4n) is 1.90. The molecule has 0 aromatic heterocycles. The summed E-state index contributed by atoms with van der Waals surface area (Å²) in [6.07, 6.45) is 1.04. The maximum Gasteiger partial charge on any atom is 0.229 e. The Hall–Kier alpha value is -0.320. The molecule has 16 heavy (non-hydrogen) atoms. The molecule has 4 nitrogen and oxygen atoms in total. The average molecular weight is 251 g/mol. The van der Waals surface area contributed by atoms with Gasteiger partial charge in [-0.2, -0.15) is 0 Å². The number of carbonyl (C=O) groups excluding carboxylic acids is 1. The van der Waals surface area contributed by atoms with Gasteiger partial charge in [0, 0.05) is 32.7 Å². The van der Waals surface area contributed by atoms with Gasteiger partial charge in [-0.15, -0.1) is 12.4 Å². The number of ether oxygens (including phenoxy) is 1. The van der Waals surface area contributed by atoms with Gasteiger partial charge in [0.25, 0.3) is 0 Å². The van der Waals surface area contributed by atoms with Gasteiger partial charge in [-0.3, -0.25) is 4.79 Å². The summed E-state index contributed by atoms with van der Waals surface area (Å²) in [5.74, 6) is 0.663. The minimum Gasteiger partial charge on any atom is -0.384 e. The number of likely N-dealkylation sites (tertiary alicyclic amines) is 1. The van der Waals surface area contributed by atoms with Crippen LogP contribution in [0.25, 0.3) is 0 Å². The SMILES string of the molecule is COCC1CCN(C(=O)C(C)(C)CN)C1.Cl. The normalized spacial score (nSPS) is 20.8. The van der Waals surface area contributed by atoms with Gasteiger partial charge < -0.3 is 15.4 Å². The molecule has 1 amide bonds. The second kappa shape index (κ2) is 6.42. The summed E-state index contributed by atoms with van der Waals surface area (Å²) in [6.45, 7) is 6.61. The lowest BCUT2D eigenvalue weighted by Gasteiger charge is -2.28. The lowest BCUT2D eigenvalue weighted by molar-refractivity contribution is -0.138. The molecule has 1 fully saturated rings. The van der Waals surface area contributed by atoms with Crippen molar-refractivity contribution in [1.29, 1.82) is 0 Å². The largest absolute Gasteiger partial charge is 0.384 e. The van der Waals surface area contributed by atoms with Gasteiger partial charge in [0.1, 0.15) is 0 Å². The van der Waals surface area contributed by atoms with Crippen molar-refractivity contribution in [3.05, 3.63) is 0 Å². The first-order valence-corrected chi connectivity index (χ1v) is 5.49. The number of carbonyl (C=O) groups is 1. The summed E-state index contributed by atoms with van der Waals surface area (Å²) in [7, 11) is 1.70. The number of rotatable bonds is 4. The van der Waals surface area contributed by atoms with E-state index in [1.54, 1.807) is 7.11 Å². The van der Waals surface area contributed by atoms with E-state index in [4.69, 9.17) is 10.5 Å². The molecule has 1 atom stereocenters. The summed E-state index contributed by atoms with van der Waals surface area (Å²) in [5, 5.41) is 0. The van der Waals surface area contributed by atoms with Crippen molar-refractivity contribution in [1.82, 2.24) is 4.90 Å². The second-order valence-corrected chi connectivity index (χ2v) is 4.95. The molecule has 0 bridgehead atoms. The van der Waals surface area contributed by atoms with Gasteiger partial charge in [-0.05, 0) is 20.3 Å². The van der Waals surface area contributed by atoms with E-state index in [9.17, 15) is 4.79 Å².